The lowest BCUT2D eigenvalue weighted by Gasteiger charge is -2.44. The van der Waals surface area contributed by atoms with Gasteiger partial charge in [-0.2, -0.15) is 0 Å². The molecule has 0 aromatic carbocycles. The second-order valence-corrected chi connectivity index (χ2v) is 6.25. The van der Waals surface area contributed by atoms with Crippen molar-refractivity contribution < 1.29 is 47.6 Å². The molecule has 0 bridgehead atoms. The van der Waals surface area contributed by atoms with E-state index in [1.54, 1.807) is 6.92 Å². The third kappa shape index (κ3) is 8.24. The van der Waals surface area contributed by atoms with Crippen molar-refractivity contribution in [3.8, 4) is 0 Å². The van der Waals surface area contributed by atoms with Crippen LogP contribution < -0.4 is 5.32 Å². The minimum atomic E-state index is -1.17. The highest BCUT2D eigenvalue weighted by molar-refractivity contribution is 5.69. The highest BCUT2D eigenvalue weighted by Crippen LogP contribution is 2.28. The molecule has 29 heavy (non-hydrogen) atoms. The first kappa shape index (κ1) is 24.6. The molecular weight excluding hydrogens is 390 g/mol. The Hall–Kier alpha value is -2.40. The maximum absolute atomic E-state index is 12.0. The topological polar surface area (TPSA) is 136 Å². The fourth-order valence-electron chi connectivity index (χ4n) is 2.74. The van der Waals surface area contributed by atoms with E-state index in [2.05, 4.69) is 5.32 Å². The number of esters is 3. The first-order chi connectivity index (χ1) is 13.7. The Kier molecular flexibility index (Phi) is 10.4. The Morgan fingerprint density at radius 1 is 0.897 bits per heavy atom. The third-order valence-electron chi connectivity index (χ3n) is 3.75. The Bertz CT molecular complexity index is 581. The molecule has 1 heterocycles. The minimum absolute atomic E-state index is 0.112. The molecule has 11 nitrogen and oxygen atoms in total. The molecule has 0 radical (unpaired) electrons. The van der Waals surface area contributed by atoms with Gasteiger partial charge >= 0.3 is 24.0 Å². The molecule has 1 aliphatic heterocycles. The Morgan fingerprint density at radius 3 is 2.03 bits per heavy atom. The SMILES string of the molecule is CCCO[C@@H]1O[C@@H](COC(C)=O)[C@H](OC(C)=O)[C@@H](OC(C)=O)[C@@H]1NC(=O)OCC. The number of ether oxygens (including phenoxy) is 6. The summed E-state index contributed by atoms with van der Waals surface area (Å²) in [6, 6.07) is -1.04. The van der Waals surface area contributed by atoms with Gasteiger partial charge in [0.1, 0.15) is 18.8 Å². The predicted octanol–water partition coefficient (Wildman–Crippen LogP) is 0.679. The lowest BCUT2D eigenvalue weighted by Crippen LogP contribution is -2.66. The van der Waals surface area contributed by atoms with Crippen LogP contribution in [0.2, 0.25) is 0 Å². The number of amides is 1. The summed E-state index contributed by atoms with van der Waals surface area (Å²) < 4.78 is 32.0. The molecule has 1 rings (SSSR count). The summed E-state index contributed by atoms with van der Waals surface area (Å²) in [5, 5.41) is 2.54. The van der Waals surface area contributed by atoms with Crippen molar-refractivity contribution in [2.24, 2.45) is 0 Å². The average Bonchev–Trinajstić information content (AvgIpc) is 2.61. The van der Waals surface area contributed by atoms with Gasteiger partial charge in [-0.1, -0.05) is 6.92 Å². The van der Waals surface area contributed by atoms with Gasteiger partial charge in [-0.25, -0.2) is 4.79 Å². The molecule has 1 fully saturated rings. The van der Waals surface area contributed by atoms with Crippen LogP contribution in [0.5, 0.6) is 0 Å². The molecule has 0 unspecified atom stereocenters. The van der Waals surface area contributed by atoms with Crippen LogP contribution in [-0.2, 0) is 42.8 Å². The second-order valence-electron chi connectivity index (χ2n) is 6.25. The van der Waals surface area contributed by atoms with E-state index in [1.165, 1.54) is 20.8 Å². The minimum Gasteiger partial charge on any atom is -0.463 e. The molecule has 0 saturated carbocycles. The fraction of sp³-hybridized carbons (Fsp3) is 0.778. The van der Waals surface area contributed by atoms with Gasteiger partial charge in [0.25, 0.3) is 0 Å². The van der Waals surface area contributed by atoms with E-state index in [0.29, 0.717) is 6.42 Å². The van der Waals surface area contributed by atoms with E-state index in [-0.39, 0.29) is 19.8 Å². The molecule has 1 saturated heterocycles. The van der Waals surface area contributed by atoms with E-state index in [9.17, 15) is 19.2 Å². The van der Waals surface area contributed by atoms with Crippen molar-refractivity contribution in [2.45, 2.75) is 71.7 Å². The number of nitrogens with one attached hydrogen (secondary N) is 1. The average molecular weight is 419 g/mol. The van der Waals surface area contributed by atoms with Crippen LogP contribution in [0.25, 0.3) is 0 Å². The van der Waals surface area contributed by atoms with Crippen LogP contribution in [0.1, 0.15) is 41.0 Å². The van der Waals surface area contributed by atoms with Gasteiger partial charge in [0.05, 0.1) is 6.61 Å². The largest absolute Gasteiger partial charge is 0.463 e. The lowest BCUT2D eigenvalue weighted by molar-refractivity contribution is -0.277. The zero-order valence-electron chi connectivity index (χ0n) is 17.3. The zero-order chi connectivity index (χ0) is 22.0. The van der Waals surface area contributed by atoms with Gasteiger partial charge in [-0.3, -0.25) is 14.4 Å². The quantitative estimate of drug-likeness (QED) is 0.420. The van der Waals surface area contributed by atoms with Crippen LogP contribution >= 0.6 is 0 Å². The summed E-state index contributed by atoms with van der Waals surface area (Å²) in [6.07, 6.45) is -4.54. The van der Waals surface area contributed by atoms with E-state index in [1.807, 2.05) is 6.92 Å². The summed E-state index contributed by atoms with van der Waals surface area (Å²) in [7, 11) is 0. The summed E-state index contributed by atoms with van der Waals surface area (Å²) in [5.74, 6) is -1.92. The summed E-state index contributed by atoms with van der Waals surface area (Å²) >= 11 is 0. The summed E-state index contributed by atoms with van der Waals surface area (Å²) in [6.45, 7) is 7.16. The van der Waals surface area contributed by atoms with Crippen LogP contribution in [0.4, 0.5) is 4.79 Å². The molecule has 11 heteroatoms. The molecule has 0 spiro atoms. The molecule has 0 aromatic heterocycles. The molecular formula is C18H29NO10. The van der Waals surface area contributed by atoms with Crippen molar-refractivity contribution in [3.63, 3.8) is 0 Å². The van der Waals surface area contributed by atoms with Crippen LogP contribution in [0, 0.1) is 0 Å². The first-order valence-corrected chi connectivity index (χ1v) is 9.37. The Balaban J connectivity index is 3.25. The lowest BCUT2D eigenvalue weighted by atomic mass is 9.96. The molecule has 0 aliphatic carbocycles. The third-order valence-corrected chi connectivity index (χ3v) is 3.75. The number of hydrogen-bond donors (Lipinski definition) is 1. The van der Waals surface area contributed by atoms with Gasteiger partial charge < -0.3 is 33.7 Å². The molecule has 1 amide bonds. The van der Waals surface area contributed by atoms with E-state index in [4.69, 9.17) is 28.4 Å². The summed E-state index contributed by atoms with van der Waals surface area (Å²) in [4.78, 5) is 46.6. The van der Waals surface area contributed by atoms with Crippen molar-refractivity contribution in [3.05, 3.63) is 0 Å². The highest BCUT2D eigenvalue weighted by atomic mass is 16.7. The molecule has 0 aromatic rings. The monoisotopic (exact) mass is 419 g/mol. The van der Waals surface area contributed by atoms with Gasteiger partial charge in [-0.15, -0.1) is 0 Å². The fourth-order valence-corrected chi connectivity index (χ4v) is 2.74. The molecule has 166 valence electrons. The number of carbonyl (C=O) groups excluding carboxylic acids is 4. The van der Waals surface area contributed by atoms with Crippen LogP contribution in [-0.4, -0.2) is 74.5 Å². The van der Waals surface area contributed by atoms with E-state index < -0.39 is 54.6 Å². The second kappa shape index (κ2) is 12.2. The van der Waals surface area contributed by atoms with E-state index in [0.717, 1.165) is 0 Å². The van der Waals surface area contributed by atoms with Crippen molar-refractivity contribution in [2.75, 3.05) is 19.8 Å². The van der Waals surface area contributed by atoms with Gasteiger partial charge in [0, 0.05) is 27.4 Å². The van der Waals surface area contributed by atoms with Crippen LogP contribution in [0.15, 0.2) is 0 Å². The standard InChI is InChI=1S/C18H29NO10/c1-6-8-25-17-14(19-18(23)24-7-2)16(28-12(5)22)15(27-11(4)21)13(29-17)9-26-10(3)20/h13-17H,6-9H2,1-5H3,(H,19,23)/t13-,14-,15-,16-,17+/m0/s1. The van der Waals surface area contributed by atoms with Crippen LogP contribution in [0.3, 0.4) is 0 Å². The molecule has 1 aliphatic rings. The van der Waals surface area contributed by atoms with Gasteiger partial charge in [0.15, 0.2) is 18.5 Å². The van der Waals surface area contributed by atoms with Crippen molar-refractivity contribution in [1.82, 2.24) is 5.32 Å². The van der Waals surface area contributed by atoms with Crippen molar-refractivity contribution >= 4 is 24.0 Å². The number of rotatable bonds is 9. The summed E-state index contributed by atoms with van der Waals surface area (Å²) in [5.41, 5.74) is 0. The Labute approximate surface area is 169 Å². The maximum atomic E-state index is 12.0. The predicted molar refractivity (Wildman–Crippen MR) is 96.6 cm³/mol. The van der Waals surface area contributed by atoms with Gasteiger partial charge in [0.2, 0.25) is 0 Å². The number of carbonyl (C=O) groups is 4. The smallest absolute Gasteiger partial charge is 0.407 e. The first-order valence-electron chi connectivity index (χ1n) is 9.37. The normalized spacial score (nSPS) is 26.2. The molecule has 1 N–H and O–H groups in total. The maximum Gasteiger partial charge on any atom is 0.407 e. The zero-order valence-corrected chi connectivity index (χ0v) is 17.3. The Morgan fingerprint density at radius 2 is 1.52 bits per heavy atom. The number of alkyl carbamates (subject to hydrolysis) is 1. The van der Waals surface area contributed by atoms with E-state index >= 15 is 0 Å². The van der Waals surface area contributed by atoms with Crippen molar-refractivity contribution in [1.29, 1.82) is 0 Å². The number of hydrogen-bond acceptors (Lipinski definition) is 10. The highest BCUT2D eigenvalue weighted by Gasteiger charge is 2.51. The molecule has 5 atom stereocenters. The van der Waals surface area contributed by atoms with Gasteiger partial charge in [-0.05, 0) is 13.3 Å².